The first-order valence-electron chi connectivity index (χ1n) is 11.8. The fourth-order valence-electron chi connectivity index (χ4n) is 4.18. The van der Waals surface area contributed by atoms with Gasteiger partial charge in [-0.05, 0) is 41.7 Å². The Bertz CT molecular complexity index is 1020. The van der Waals surface area contributed by atoms with Crippen LogP contribution in [0.2, 0.25) is 0 Å². The van der Waals surface area contributed by atoms with E-state index in [9.17, 15) is 22.8 Å². The molecule has 0 radical (unpaired) electrons. The van der Waals surface area contributed by atoms with E-state index in [2.05, 4.69) is 32.4 Å². The van der Waals surface area contributed by atoms with E-state index < -0.39 is 29.6 Å². The monoisotopic (exact) mass is 506 g/mol. The summed E-state index contributed by atoms with van der Waals surface area (Å²) in [5, 5.41) is 5.31. The first kappa shape index (κ1) is 27.3. The molecule has 0 saturated carbocycles. The average molecular weight is 507 g/mol. The van der Waals surface area contributed by atoms with Gasteiger partial charge >= 0.3 is 12.4 Å². The topological polar surface area (TPSA) is 73.9 Å². The maximum atomic E-state index is 13.4. The lowest BCUT2D eigenvalue weighted by molar-refractivity contribution is -0.274. The molecular weight excluding hydrogens is 473 g/mol. The Hall–Kier alpha value is -3.27. The molecule has 2 aromatic rings. The first-order valence-corrected chi connectivity index (χ1v) is 11.8. The second kappa shape index (κ2) is 11.2. The molecular formula is C26H33F3N4O3. The lowest BCUT2D eigenvalue weighted by atomic mass is 9.85. The summed E-state index contributed by atoms with van der Waals surface area (Å²) >= 11 is 0. The Morgan fingerprint density at radius 2 is 1.72 bits per heavy atom. The maximum Gasteiger partial charge on any atom is 0.573 e. The number of ether oxygens (including phenoxy) is 1. The molecule has 0 aromatic heterocycles. The van der Waals surface area contributed by atoms with Crippen molar-refractivity contribution in [3.8, 4) is 5.75 Å². The number of rotatable bonds is 7. The van der Waals surface area contributed by atoms with Gasteiger partial charge in [0, 0.05) is 38.4 Å². The standard InChI is InChI=1S/C26H33F3N4O3/c1-25(2,3)22(31-24(35)30-19-10-12-21(13-11-19)36-26(27,28)29)23(34)32(4)20-14-15-33(17-20)16-18-8-6-5-7-9-18/h5-13,20,22H,14-17H2,1-4H3,(H2,30,31,35)/t20?,22-/m1/s1. The van der Waals surface area contributed by atoms with Crippen molar-refractivity contribution in [2.75, 3.05) is 25.5 Å². The smallest absolute Gasteiger partial charge is 0.406 e. The van der Waals surface area contributed by atoms with Crippen molar-refractivity contribution in [1.29, 1.82) is 0 Å². The molecule has 0 aliphatic carbocycles. The summed E-state index contributed by atoms with van der Waals surface area (Å²) in [5.74, 6) is -0.589. The number of nitrogens with zero attached hydrogens (tertiary/aromatic N) is 2. The van der Waals surface area contributed by atoms with Gasteiger partial charge in [-0.2, -0.15) is 0 Å². The summed E-state index contributed by atoms with van der Waals surface area (Å²) in [6.07, 6.45) is -3.96. The highest BCUT2D eigenvalue weighted by atomic mass is 19.4. The molecule has 2 atom stereocenters. The molecule has 0 bridgehead atoms. The van der Waals surface area contributed by atoms with Crippen LogP contribution in [0.1, 0.15) is 32.8 Å². The molecule has 3 rings (SSSR count). The number of hydrogen-bond donors (Lipinski definition) is 2. The summed E-state index contributed by atoms with van der Waals surface area (Å²) in [4.78, 5) is 30.1. The third-order valence-corrected chi connectivity index (χ3v) is 6.13. The van der Waals surface area contributed by atoms with Crippen LogP contribution in [0.4, 0.5) is 23.7 Å². The fraction of sp³-hybridized carbons (Fsp3) is 0.462. The molecule has 1 saturated heterocycles. The third kappa shape index (κ3) is 7.87. The Labute approximate surface area is 209 Å². The van der Waals surface area contributed by atoms with E-state index in [4.69, 9.17) is 0 Å². The molecule has 1 aliphatic rings. The van der Waals surface area contributed by atoms with E-state index >= 15 is 0 Å². The molecule has 2 N–H and O–H groups in total. The zero-order chi connectivity index (χ0) is 26.5. The number of alkyl halides is 3. The quantitative estimate of drug-likeness (QED) is 0.563. The van der Waals surface area contributed by atoms with E-state index in [0.29, 0.717) is 0 Å². The summed E-state index contributed by atoms with van der Waals surface area (Å²) in [7, 11) is 1.76. The van der Waals surface area contributed by atoms with Crippen molar-refractivity contribution in [1.82, 2.24) is 15.1 Å². The zero-order valence-electron chi connectivity index (χ0n) is 20.9. The van der Waals surface area contributed by atoms with Crippen molar-refractivity contribution in [2.45, 2.75) is 52.2 Å². The van der Waals surface area contributed by atoms with Crippen molar-refractivity contribution >= 4 is 17.6 Å². The number of urea groups is 1. The Morgan fingerprint density at radius 3 is 2.31 bits per heavy atom. The molecule has 10 heteroatoms. The number of anilines is 1. The predicted octanol–water partition coefficient (Wildman–Crippen LogP) is 4.85. The number of likely N-dealkylation sites (tertiary alicyclic amines) is 1. The fourth-order valence-corrected chi connectivity index (χ4v) is 4.18. The summed E-state index contributed by atoms with van der Waals surface area (Å²) in [5.41, 5.74) is 0.911. The van der Waals surface area contributed by atoms with Crippen LogP contribution < -0.4 is 15.4 Å². The first-order chi connectivity index (χ1) is 16.8. The van der Waals surface area contributed by atoms with Crippen LogP contribution in [0, 0.1) is 5.41 Å². The summed E-state index contributed by atoms with van der Waals surface area (Å²) in [6, 6.07) is 13.5. The van der Waals surface area contributed by atoms with E-state index in [-0.39, 0.29) is 17.6 Å². The second-order valence-electron chi connectivity index (χ2n) is 10.1. The molecule has 196 valence electrons. The lowest BCUT2D eigenvalue weighted by Gasteiger charge is -2.35. The predicted molar refractivity (Wildman–Crippen MR) is 131 cm³/mol. The molecule has 1 heterocycles. The minimum atomic E-state index is -4.80. The van der Waals surface area contributed by atoms with Gasteiger partial charge < -0.3 is 20.3 Å². The Morgan fingerprint density at radius 1 is 1.08 bits per heavy atom. The zero-order valence-corrected chi connectivity index (χ0v) is 20.9. The van der Waals surface area contributed by atoms with Crippen molar-refractivity contribution in [3.05, 3.63) is 60.2 Å². The average Bonchev–Trinajstić information content (AvgIpc) is 3.25. The number of benzene rings is 2. The van der Waals surface area contributed by atoms with Crippen molar-refractivity contribution < 1.29 is 27.5 Å². The van der Waals surface area contributed by atoms with E-state index in [1.165, 1.54) is 17.7 Å². The number of carbonyl (C=O) groups excluding carboxylic acids is 2. The van der Waals surface area contributed by atoms with E-state index in [0.717, 1.165) is 38.2 Å². The molecule has 2 aromatic carbocycles. The van der Waals surface area contributed by atoms with Gasteiger partial charge in [-0.15, -0.1) is 13.2 Å². The van der Waals surface area contributed by atoms with Gasteiger partial charge in [0.05, 0.1) is 0 Å². The second-order valence-corrected chi connectivity index (χ2v) is 10.1. The number of amides is 3. The summed E-state index contributed by atoms with van der Waals surface area (Å²) < 4.78 is 40.9. The van der Waals surface area contributed by atoms with Crippen LogP contribution in [0.3, 0.4) is 0 Å². The van der Waals surface area contributed by atoms with Gasteiger partial charge in [0.25, 0.3) is 0 Å². The SMILES string of the molecule is CN(C(=O)[C@@H](NC(=O)Nc1ccc(OC(F)(F)F)cc1)C(C)(C)C)C1CCN(Cc2ccccc2)C1. The van der Waals surface area contributed by atoms with Crippen LogP contribution in [-0.4, -0.2) is 60.3 Å². The summed E-state index contributed by atoms with van der Waals surface area (Å²) in [6.45, 7) is 8.03. The third-order valence-electron chi connectivity index (χ3n) is 6.13. The molecule has 1 fully saturated rings. The number of likely N-dealkylation sites (N-methyl/N-ethyl adjacent to an activating group) is 1. The van der Waals surface area contributed by atoms with Crippen LogP contribution in [-0.2, 0) is 11.3 Å². The Kier molecular flexibility index (Phi) is 8.50. The van der Waals surface area contributed by atoms with Crippen LogP contribution in [0.25, 0.3) is 0 Å². The number of nitrogens with one attached hydrogen (secondary N) is 2. The Balaban J connectivity index is 1.59. The van der Waals surface area contributed by atoms with E-state index in [1.807, 2.05) is 39.0 Å². The largest absolute Gasteiger partial charge is 0.573 e. The highest BCUT2D eigenvalue weighted by molar-refractivity contribution is 5.94. The molecule has 1 aliphatic heterocycles. The minimum absolute atomic E-state index is 0.0251. The van der Waals surface area contributed by atoms with Crippen molar-refractivity contribution in [2.24, 2.45) is 5.41 Å². The maximum absolute atomic E-state index is 13.4. The highest BCUT2D eigenvalue weighted by Gasteiger charge is 2.38. The van der Waals surface area contributed by atoms with Crippen molar-refractivity contribution in [3.63, 3.8) is 0 Å². The molecule has 3 amide bonds. The number of halogens is 3. The van der Waals surface area contributed by atoms with Crippen LogP contribution in [0.5, 0.6) is 5.75 Å². The van der Waals surface area contributed by atoms with Gasteiger partial charge in [0.15, 0.2) is 0 Å². The van der Waals surface area contributed by atoms with Gasteiger partial charge in [-0.3, -0.25) is 9.69 Å². The van der Waals surface area contributed by atoms with Gasteiger partial charge in [0.2, 0.25) is 5.91 Å². The van der Waals surface area contributed by atoms with Crippen LogP contribution in [0.15, 0.2) is 54.6 Å². The lowest BCUT2D eigenvalue weighted by Crippen LogP contribution is -2.56. The van der Waals surface area contributed by atoms with Gasteiger partial charge in [-0.1, -0.05) is 51.1 Å². The molecule has 1 unspecified atom stereocenters. The molecule has 36 heavy (non-hydrogen) atoms. The highest BCUT2D eigenvalue weighted by Crippen LogP contribution is 2.26. The van der Waals surface area contributed by atoms with Gasteiger partial charge in [-0.25, -0.2) is 4.79 Å². The molecule has 0 spiro atoms. The number of carbonyl (C=O) groups is 2. The van der Waals surface area contributed by atoms with Crippen LogP contribution >= 0.6 is 0 Å². The molecule has 7 nitrogen and oxygen atoms in total. The number of hydrogen-bond acceptors (Lipinski definition) is 4. The van der Waals surface area contributed by atoms with E-state index in [1.54, 1.807) is 11.9 Å². The normalized spacial score (nSPS) is 17.4. The minimum Gasteiger partial charge on any atom is -0.406 e. The van der Waals surface area contributed by atoms with Gasteiger partial charge in [0.1, 0.15) is 11.8 Å².